The number of alkyl halides is 3. The molecule has 1 aromatic rings. The molecule has 0 fully saturated rings. The van der Waals surface area contributed by atoms with Crippen LogP contribution in [0, 0.1) is 3.57 Å². The molecule has 0 aromatic heterocycles. The quantitative estimate of drug-likeness (QED) is 0.622. The average molecular weight is 366 g/mol. The number of halogens is 4. The van der Waals surface area contributed by atoms with Crippen LogP contribution < -0.4 is 10.5 Å². The molecular weight excluding hydrogens is 360 g/mol. The predicted molar refractivity (Wildman–Crippen MR) is 62.2 cm³/mol. The van der Waals surface area contributed by atoms with Gasteiger partial charge in [0.05, 0.1) is 11.4 Å². The first kappa shape index (κ1) is 13.4. The molecule has 9 heteroatoms. The van der Waals surface area contributed by atoms with Crippen molar-refractivity contribution >= 4 is 44.0 Å². The van der Waals surface area contributed by atoms with Gasteiger partial charge in [0, 0.05) is 3.57 Å². The fourth-order valence-electron chi connectivity index (χ4n) is 0.829. The van der Waals surface area contributed by atoms with Gasteiger partial charge < -0.3 is 5.73 Å². The molecule has 0 radical (unpaired) electrons. The smallest absolute Gasteiger partial charge is 0.397 e. The van der Waals surface area contributed by atoms with Gasteiger partial charge in [-0.15, -0.1) is 0 Å². The minimum atomic E-state index is -5.42. The number of anilines is 2. The second kappa shape index (κ2) is 4.28. The van der Waals surface area contributed by atoms with Gasteiger partial charge in [-0.05, 0) is 40.8 Å². The topological polar surface area (TPSA) is 72.2 Å². The van der Waals surface area contributed by atoms with E-state index in [-0.39, 0.29) is 11.4 Å². The van der Waals surface area contributed by atoms with Crippen molar-refractivity contribution in [3.8, 4) is 0 Å². The predicted octanol–water partition coefficient (Wildman–Crippen LogP) is 2.13. The van der Waals surface area contributed by atoms with E-state index in [1.165, 1.54) is 22.9 Å². The van der Waals surface area contributed by atoms with Gasteiger partial charge in [0.15, 0.2) is 0 Å². The van der Waals surface area contributed by atoms with Gasteiger partial charge in [0.2, 0.25) is 0 Å². The highest BCUT2D eigenvalue weighted by Gasteiger charge is 2.46. The van der Waals surface area contributed by atoms with Crippen LogP contribution in [0.15, 0.2) is 18.2 Å². The second-order valence-corrected chi connectivity index (χ2v) is 5.70. The highest BCUT2D eigenvalue weighted by atomic mass is 127. The highest BCUT2D eigenvalue weighted by Crippen LogP contribution is 2.28. The van der Waals surface area contributed by atoms with Gasteiger partial charge in [-0.2, -0.15) is 21.6 Å². The van der Waals surface area contributed by atoms with Crippen LogP contribution in [-0.2, 0) is 10.0 Å². The fourth-order valence-corrected chi connectivity index (χ4v) is 1.94. The van der Waals surface area contributed by atoms with Crippen molar-refractivity contribution in [1.29, 1.82) is 0 Å². The molecule has 0 saturated carbocycles. The van der Waals surface area contributed by atoms with Crippen LogP contribution >= 0.6 is 22.6 Å². The lowest BCUT2D eigenvalue weighted by Crippen LogP contribution is -2.30. The Bertz CT molecular complexity index is 501. The number of sulfonamides is 1. The van der Waals surface area contributed by atoms with Crippen molar-refractivity contribution < 1.29 is 21.6 Å². The first-order chi connectivity index (χ1) is 7.13. The SMILES string of the molecule is Nc1cc(I)ccc1NS(=O)(=O)C(F)(F)F. The van der Waals surface area contributed by atoms with E-state index >= 15 is 0 Å². The van der Waals surface area contributed by atoms with Gasteiger partial charge in [0.1, 0.15) is 0 Å². The Kier molecular flexibility index (Phi) is 3.57. The Morgan fingerprint density at radius 2 is 1.88 bits per heavy atom. The van der Waals surface area contributed by atoms with Crippen LogP contribution in [0.2, 0.25) is 0 Å². The summed E-state index contributed by atoms with van der Waals surface area (Å²) in [4.78, 5) is 0. The Morgan fingerprint density at radius 3 is 2.31 bits per heavy atom. The van der Waals surface area contributed by atoms with E-state index in [4.69, 9.17) is 5.73 Å². The summed E-state index contributed by atoms with van der Waals surface area (Å²) in [5.41, 5.74) is -0.349. The molecule has 0 amide bonds. The molecule has 0 heterocycles. The molecule has 1 rings (SSSR count). The largest absolute Gasteiger partial charge is 0.516 e. The van der Waals surface area contributed by atoms with Crippen molar-refractivity contribution in [2.24, 2.45) is 0 Å². The number of nitrogens with two attached hydrogens (primary N) is 1. The van der Waals surface area contributed by atoms with Crippen molar-refractivity contribution in [2.45, 2.75) is 5.51 Å². The maximum absolute atomic E-state index is 12.0. The maximum atomic E-state index is 12.0. The lowest BCUT2D eigenvalue weighted by atomic mass is 10.3. The molecule has 1 aromatic carbocycles. The number of nitrogen functional groups attached to an aromatic ring is 1. The summed E-state index contributed by atoms with van der Waals surface area (Å²) in [6, 6.07) is 3.96. The third kappa shape index (κ3) is 2.90. The van der Waals surface area contributed by atoms with Crippen molar-refractivity contribution in [2.75, 3.05) is 10.5 Å². The van der Waals surface area contributed by atoms with E-state index < -0.39 is 15.5 Å². The van der Waals surface area contributed by atoms with Gasteiger partial charge in [0.25, 0.3) is 0 Å². The summed E-state index contributed by atoms with van der Waals surface area (Å²) in [6.45, 7) is 0. The average Bonchev–Trinajstić information content (AvgIpc) is 2.08. The normalized spacial score (nSPS) is 12.5. The van der Waals surface area contributed by atoms with Crippen molar-refractivity contribution in [1.82, 2.24) is 0 Å². The summed E-state index contributed by atoms with van der Waals surface area (Å²) in [6.07, 6.45) is 0. The van der Waals surface area contributed by atoms with Gasteiger partial charge in [-0.3, -0.25) is 4.72 Å². The number of hydrogen-bond acceptors (Lipinski definition) is 3. The first-order valence-electron chi connectivity index (χ1n) is 3.77. The van der Waals surface area contributed by atoms with Gasteiger partial charge in [-0.25, -0.2) is 0 Å². The molecule has 0 aliphatic heterocycles. The van der Waals surface area contributed by atoms with Gasteiger partial charge in [-0.1, -0.05) is 0 Å². The van der Waals surface area contributed by atoms with E-state index in [1.807, 2.05) is 22.6 Å². The number of rotatable bonds is 2. The molecule has 0 aliphatic carbocycles. The molecule has 16 heavy (non-hydrogen) atoms. The summed E-state index contributed by atoms with van der Waals surface area (Å²) < 4.78 is 59.7. The summed E-state index contributed by atoms with van der Waals surface area (Å²) >= 11 is 1.90. The van der Waals surface area contributed by atoms with Crippen LogP contribution in [0.25, 0.3) is 0 Å². The lowest BCUT2D eigenvalue weighted by molar-refractivity contribution is -0.0429. The number of benzene rings is 1. The molecule has 0 atom stereocenters. The van der Waals surface area contributed by atoms with E-state index in [9.17, 15) is 21.6 Å². The Balaban J connectivity index is 3.07. The van der Waals surface area contributed by atoms with Crippen LogP contribution in [-0.4, -0.2) is 13.9 Å². The fraction of sp³-hybridized carbons (Fsp3) is 0.143. The molecule has 3 N–H and O–H groups in total. The van der Waals surface area contributed by atoms with Crippen LogP contribution in [0.5, 0.6) is 0 Å². The van der Waals surface area contributed by atoms with Crippen LogP contribution in [0.1, 0.15) is 0 Å². The lowest BCUT2D eigenvalue weighted by Gasteiger charge is -2.12. The van der Waals surface area contributed by atoms with E-state index in [1.54, 1.807) is 0 Å². The number of hydrogen-bond donors (Lipinski definition) is 2. The minimum Gasteiger partial charge on any atom is -0.397 e. The van der Waals surface area contributed by atoms with Crippen molar-refractivity contribution in [3.05, 3.63) is 21.8 Å². The third-order valence-corrected chi connectivity index (χ3v) is 3.33. The van der Waals surface area contributed by atoms with Gasteiger partial charge >= 0.3 is 15.5 Å². The molecule has 0 unspecified atom stereocenters. The zero-order valence-electron chi connectivity index (χ0n) is 7.55. The Labute approximate surface area is 103 Å². The minimum absolute atomic E-state index is 0.0697. The molecule has 0 saturated heterocycles. The Morgan fingerprint density at radius 1 is 1.31 bits per heavy atom. The molecular formula is C7H6F3IN2O2S. The molecule has 0 bridgehead atoms. The standard InChI is InChI=1S/C7H6F3IN2O2S/c8-7(9,10)16(14,15)13-6-2-1-4(11)3-5(6)12/h1-3,13H,12H2. The first-order valence-corrected chi connectivity index (χ1v) is 6.34. The van der Waals surface area contributed by atoms with Crippen molar-refractivity contribution in [3.63, 3.8) is 0 Å². The molecule has 0 aliphatic rings. The number of nitrogens with one attached hydrogen (secondary N) is 1. The van der Waals surface area contributed by atoms with Crippen LogP contribution in [0.3, 0.4) is 0 Å². The van der Waals surface area contributed by atoms with E-state index in [0.29, 0.717) is 3.57 Å². The molecule has 90 valence electrons. The summed E-state index contributed by atoms with van der Waals surface area (Å²) in [7, 11) is -5.42. The maximum Gasteiger partial charge on any atom is 0.516 e. The summed E-state index contributed by atoms with van der Waals surface area (Å²) in [5, 5.41) is 0. The summed E-state index contributed by atoms with van der Waals surface area (Å²) in [5.74, 6) is 0. The molecule has 4 nitrogen and oxygen atoms in total. The van der Waals surface area contributed by atoms with E-state index in [0.717, 1.165) is 0 Å². The van der Waals surface area contributed by atoms with E-state index in [2.05, 4.69) is 0 Å². The monoisotopic (exact) mass is 366 g/mol. The second-order valence-electron chi connectivity index (χ2n) is 2.78. The zero-order chi connectivity index (χ0) is 12.6. The van der Waals surface area contributed by atoms with Crippen LogP contribution in [0.4, 0.5) is 24.5 Å². The molecule has 0 spiro atoms. The Hall–Kier alpha value is -0.710. The zero-order valence-corrected chi connectivity index (χ0v) is 10.5. The highest BCUT2D eigenvalue weighted by molar-refractivity contribution is 14.1. The third-order valence-electron chi connectivity index (χ3n) is 1.56.